The predicted octanol–water partition coefficient (Wildman–Crippen LogP) is 8.78. The average Bonchev–Trinajstić information content (AvgIpc) is 2.66. The zero-order valence-electron chi connectivity index (χ0n) is 18.8. The lowest BCUT2D eigenvalue weighted by molar-refractivity contribution is 0.364. The largest absolute Gasteiger partial charge is 0.532 e. The minimum atomic E-state index is -4.56. The van der Waals surface area contributed by atoms with Gasteiger partial charge in [0.05, 0.1) is 0 Å². The Labute approximate surface area is 172 Å². The first-order valence-corrected chi connectivity index (χ1v) is 16.6. The fourth-order valence-corrected chi connectivity index (χ4v) is 13.3. The molecule has 0 aromatic carbocycles. The van der Waals surface area contributed by atoms with Gasteiger partial charge in [0, 0.05) is 0 Å². The molecular formula is C20H46FO3PS2. The second-order valence-corrected chi connectivity index (χ2v) is 16.0. The van der Waals surface area contributed by atoms with Crippen molar-refractivity contribution in [1.29, 1.82) is 0 Å². The van der Waals surface area contributed by atoms with Crippen LogP contribution in [0.3, 0.4) is 0 Å². The van der Waals surface area contributed by atoms with E-state index in [1.165, 1.54) is 0 Å². The molecule has 0 radical (unpaired) electrons. The Morgan fingerprint density at radius 3 is 1.07 bits per heavy atom. The van der Waals surface area contributed by atoms with Crippen molar-refractivity contribution < 1.29 is 16.7 Å². The van der Waals surface area contributed by atoms with Crippen molar-refractivity contribution in [3.05, 3.63) is 0 Å². The van der Waals surface area contributed by atoms with E-state index in [1.54, 1.807) is 0 Å². The number of hydrogen-bond acceptors (Lipinski definition) is 3. The van der Waals surface area contributed by atoms with Gasteiger partial charge in [-0.15, -0.1) is 24.8 Å². The van der Waals surface area contributed by atoms with Crippen LogP contribution in [0.1, 0.15) is 92.9 Å². The van der Waals surface area contributed by atoms with E-state index in [0.29, 0.717) is 0 Å². The van der Waals surface area contributed by atoms with Gasteiger partial charge in [-0.3, -0.25) is 0 Å². The van der Waals surface area contributed by atoms with Gasteiger partial charge in [-0.1, -0.05) is 67.2 Å². The standard InChI is InChI=1S/C20H46FO3PS2/c1-7-13-17-26(11-5,18-14-8-2)23-25(21,22)24-27(12-6,19-15-9-3)20-16-10-4/h7-20H2,1-6H3. The highest BCUT2D eigenvalue weighted by molar-refractivity contribution is 8.33. The van der Waals surface area contributed by atoms with Crippen molar-refractivity contribution in [3.8, 4) is 0 Å². The fraction of sp³-hybridized carbons (Fsp3) is 1.00. The molecule has 0 fully saturated rings. The molecule has 0 bridgehead atoms. The number of hydrogen-bond donors (Lipinski definition) is 0. The van der Waals surface area contributed by atoms with E-state index >= 15 is 4.20 Å². The Hall–Kier alpha value is 0.780. The third-order valence-electron chi connectivity index (χ3n) is 5.03. The average molecular weight is 449 g/mol. The summed E-state index contributed by atoms with van der Waals surface area (Å²) >= 11 is 0. The molecule has 0 N–H and O–H groups in total. The van der Waals surface area contributed by atoms with Gasteiger partial charge in [0.25, 0.3) is 0 Å². The van der Waals surface area contributed by atoms with Gasteiger partial charge in [0.1, 0.15) is 0 Å². The highest BCUT2D eigenvalue weighted by Gasteiger charge is 2.41. The van der Waals surface area contributed by atoms with E-state index in [2.05, 4.69) is 41.5 Å². The molecule has 0 unspecified atom stereocenters. The number of halogens is 1. The summed E-state index contributed by atoms with van der Waals surface area (Å²) in [4.78, 5) is 0. The van der Waals surface area contributed by atoms with Crippen LogP contribution in [0.5, 0.6) is 0 Å². The molecule has 0 aliphatic carbocycles. The van der Waals surface area contributed by atoms with Crippen LogP contribution in [0.15, 0.2) is 0 Å². The van der Waals surface area contributed by atoms with Gasteiger partial charge in [-0.05, 0) is 60.2 Å². The van der Waals surface area contributed by atoms with E-state index in [9.17, 15) is 4.57 Å². The summed E-state index contributed by atoms with van der Waals surface area (Å²) in [5.74, 6) is 4.82. The van der Waals surface area contributed by atoms with E-state index in [-0.39, 0.29) is 0 Å². The van der Waals surface area contributed by atoms with Crippen LogP contribution in [0.25, 0.3) is 0 Å². The zero-order valence-corrected chi connectivity index (χ0v) is 21.3. The minimum absolute atomic E-state index is 0.753. The molecule has 168 valence electrons. The van der Waals surface area contributed by atoms with Crippen LogP contribution in [0.4, 0.5) is 4.20 Å². The summed E-state index contributed by atoms with van der Waals surface area (Å²) < 4.78 is 40.0. The second-order valence-electron chi connectivity index (χ2n) is 7.32. The lowest BCUT2D eigenvalue weighted by Crippen LogP contribution is -2.18. The van der Waals surface area contributed by atoms with Gasteiger partial charge < -0.3 is 0 Å². The van der Waals surface area contributed by atoms with Crippen molar-refractivity contribution in [3.63, 3.8) is 0 Å². The van der Waals surface area contributed by atoms with Gasteiger partial charge in [0.2, 0.25) is 0 Å². The third-order valence-corrected chi connectivity index (χ3v) is 15.2. The van der Waals surface area contributed by atoms with Crippen LogP contribution >= 0.6 is 28.5 Å². The van der Waals surface area contributed by atoms with Crippen molar-refractivity contribution in [1.82, 2.24) is 0 Å². The molecule has 0 atom stereocenters. The molecule has 0 saturated heterocycles. The Balaban J connectivity index is 5.43. The first-order valence-electron chi connectivity index (χ1n) is 11.0. The zero-order chi connectivity index (χ0) is 20.8. The highest BCUT2D eigenvalue weighted by atomic mass is 32.3. The lowest BCUT2D eigenvalue weighted by atomic mass is 10.4. The SMILES string of the molecule is CCCCS(CC)(CCCC)OP(=O)(F)OS(CC)(CCCC)CCCC. The normalized spacial score (nSPS) is 14.5. The first kappa shape index (κ1) is 27.8. The van der Waals surface area contributed by atoms with E-state index < -0.39 is 28.5 Å². The van der Waals surface area contributed by atoms with Gasteiger partial charge >= 0.3 is 7.91 Å². The number of unbranched alkanes of at least 4 members (excludes halogenated alkanes) is 4. The van der Waals surface area contributed by atoms with Crippen LogP contribution in [-0.4, -0.2) is 34.5 Å². The first-order chi connectivity index (χ1) is 12.8. The topological polar surface area (TPSA) is 35.5 Å². The predicted molar refractivity (Wildman–Crippen MR) is 126 cm³/mol. The molecule has 0 aliphatic heterocycles. The summed E-state index contributed by atoms with van der Waals surface area (Å²) in [6.07, 6.45) is 8.12. The molecule has 0 spiro atoms. The molecular weight excluding hydrogens is 402 g/mol. The van der Waals surface area contributed by atoms with E-state index in [1.807, 2.05) is 0 Å². The molecule has 0 amide bonds. The van der Waals surface area contributed by atoms with Crippen molar-refractivity contribution in [2.75, 3.05) is 34.5 Å². The Bertz CT molecular complexity index is 374. The lowest BCUT2D eigenvalue weighted by Gasteiger charge is -2.43. The Kier molecular flexibility index (Phi) is 15.1. The maximum atomic E-state index is 15.3. The van der Waals surface area contributed by atoms with Crippen LogP contribution in [-0.2, 0) is 12.5 Å². The van der Waals surface area contributed by atoms with Crippen molar-refractivity contribution in [2.24, 2.45) is 0 Å². The monoisotopic (exact) mass is 448 g/mol. The maximum Gasteiger partial charge on any atom is 0.532 e. The van der Waals surface area contributed by atoms with Crippen molar-refractivity contribution in [2.45, 2.75) is 92.9 Å². The summed E-state index contributed by atoms with van der Waals surface area (Å²) in [5.41, 5.74) is 0. The summed E-state index contributed by atoms with van der Waals surface area (Å²) in [7, 11) is -7.93. The molecule has 0 aromatic heterocycles. The highest BCUT2D eigenvalue weighted by Crippen LogP contribution is 2.73. The molecule has 7 heteroatoms. The van der Waals surface area contributed by atoms with E-state index in [4.69, 9.17) is 7.94 Å². The molecule has 27 heavy (non-hydrogen) atoms. The fourth-order valence-electron chi connectivity index (χ4n) is 3.06. The van der Waals surface area contributed by atoms with Gasteiger partial charge in [-0.2, -0.15) is 0 Å². The maximum absolute atomic E-state index is 15.3. The molecule has 0 aromatic rings. The quantitative estimate of drug-likeness (QED) is 0.197. The second kappa shape index (κ2) is 14.7. The van der Waals surface area contributed by atoms with Crippen LogP contribution < -0.4 is 0 Å². The molecule has 0 heterocycles. The number of rotatable bonds is 18. The molecule has 0 rings (SSSR count). The minimum Gasteiger partial charge on any atom is -0.233 e. The summed E-state index contributed by atoms with van der Waals surface area (Å²) in [6.45, 7) is 12.6. The van der Waals surface area contributed by atoms with E-state index in [0.717, 1.165) is 85.9 Å². The molecule has 0 aliphatic rings. The summed E-state index contributed by atoms with van der Waals surface area (Å²) in [6, 6.07) is 0. The van der Waals surface area contributed by atoms with Crippen LogP contribution in [0.2, 0.25) is 0 Å². The van der Waals surface area contributed by atoms with Gasteiger partial charge in [0.15, 0.2) is 0 Å². The van der Waals surface area contributed by atoms with Crippen molar-refractivity contribution >= 4 is 28.5 Å². The summed E-state index contributed by atoms with van der Waals surface area (Å²) in [5, 5.41) is 0. The third kappa shape index (κ3) is 10.9. The Morgan fingerprint density at radius 1 is 0.630 bits per heavy atom. The molecule has 3 nitrogen and oxygen atoms in total. The smallest absolute Gasteiger partial charge is 0.233 e. The Morgan fingerprint density at radius 2 is 0.889 bits per heavy atom. The van der Waals surface area contributed by atoms with Crippen LogP contribution in [0, 0.1) is 0 Å². The van der Waals surface area contributed by atoms with Gasteiger partial charge in [-0.25, -0.2) is 12.5 Å². The molecule has 0 saturated carbocycles.